The number of hydrogen-bond acceptors (Lipinski definition) is 2. The van der Waals surface area contributed by atoms with Crippen molar-refractivity contribution >= 4 is 17.4 Å². The van der Waals surface area contributed by atoms with Crippen molar-refractivity contribution in [3.63, 3.8) is 0 Å². The maximum Gasteiger partial charge on any atom is 0.120 e. The zero-order valence-corrected chi connectivity index (χ0v) is 8.15. The van der Waals surface area contributed by atoms with Gasteiger partial charge in [0, 0.05) is 18.3 Å². The number of nitrogens with one attached hydrogen (secondary N) is 1. The third-order valence-electron chi connectivity index (χ3n) is 1.89. The van der Waals surface area contributed by atoms with Gasteiger partial charge >= 0.3 is 0 Å². The Kier molecular flexibility index (Phi) is 2.75. The van der Waals surface area contributed by atoms with Gasteiger partial charge in [0.25, 0.3) is 0 Å². The van der Waals surface area contributed by atoms with E-state index in [1.807, 2.05) is 0 Å². The Morgan fingerprint density at radius 2 is 2.25 bits per heavy atom. The van der Waals surface area contributed by atoms with Gasteiger partial charge < -0.3 is 11.1 Å². The topological polar surface area (TPSA) is 50.4 Å². The van der Waals surface area contributed by atoms with Crippen molar-refractivity contribution in [2.45, 2.75) is 25.3 Å². The first-order valence-electron chi connectivity index (χ1n) is 3.93. The molecule has 0 aromatic carbocycles. The number of aliphatic imine (C=N–C) groups is 1. The highest BCUT2D eigenvalue weighted by atomic mass is 35.5. The van der Waals surface area contributed by atoms with Crippen molar-refractivity contribution in [3.8, 4) is 0 Å². The molecule has 0 aliphatic heterocycles. The molecule has 0 spiro atoms. The van der Waals surface area contributed by atoms with Gasteiger partial charge in [-0.15, -0.1) is 0 Å². The van der Waals surface area contributed by atoms with Crippen LogP contribution in [0.2, 0.25) is 0 Å². The molecule has 0 heterocycles. The van der Waals surface area contributed by atoms with Crippen LogP contribution in [-0.4, -0.2) is 18.4 Å². The monoisotopic (exact) mass is 187 g/mol. The third-order valence-corrected chi connectivity index (χ3v) is 2.00. The van der Waals surface area contributed by atoms with Crippen molar-refractivity contribution in [1.82, 2.24) is 5.32 Å². The Hall–Kier alpha value is -0.540. The molecule has 0 aromatic heterocycles. The fourth-order valence-corrected chi connectivity index (χ4v) is 1.02. The minimum Gasteiger partial charge on any atom is -0.348 e. The van der Waals surface area contributed by atoms with Crippen LogP contribution in [0.5, 0.6) is 0 Å². The van der Waals surface area contributed by atoms with Gasteiger partial charge in [-0.05, 0) is 19.8 Å². The summed E-state index contributed by atoms with van der Waals surface area (Å²) in [5.74, 6) is 0.822. The lowest BCUT2D eigenvalue weighted by atomic mass is 10.2. The zero-order valence-electron chi connectivity index (χ0n) is 7.39. The molecule has 4 heteroatoms. The van der Waals surface area contributed by atoms with E-state index in [9.17, 15) is 0 Å². The van der Waals surface area contributed by atoms with Gasteiger partial charge in [-0.1, -0.05) is 11.6 Å². The number of hydrogen-bond donors (Lipinski definition) is 2. The van der Waals surface area contributed by atoms with E-state index in [0.717, 1.165) is 18.7 Å². The molecule has 0 unspecified atom stereocenters. The van der Waals surface area contributed by atoms with E-state index in [1.54, 1.807) is 20.2 Å². The van der Waals surface area contributed by atoms with Crippen LogP contribution < -0.4 is 11.1 Å². The highest BCUT2D eigenvalue weighted by Crippen LogP contribution is 2.32. The van der Waals surface area contributed by atoms with E-state index in [0.29, 0.717) is 5.03 Å². The lowest BCUT2D eigenvalue weighted by Gasteiger charge is -2.11. The summed E-state index contributed by atoms with van der Waals surface area (Å²) < 4.78 is 0. The first-order chi connectivity index (χ1) is 5.58. The van der Waals surface area contributed by atoms with E-state index in [2.05, 4.69) is 10.3 Å². The van der Waals surface area contributed by atoms with E-state index in [4.69, 9.17) is 17.3 Å². The smallest absolute Gasteiger partial charge is 0.120 e. The molecule has 12 heavy (non-hydrogen) atoms. The predicted molar refractivity (Wildman–Crippen MR) is 52.3 cm³/mol. The highest BCUT2D eigenvalue weighted by molar-refractivity contribution is 6.29. The molecule has 1 saturated carbocycles. The maximum atomic E-state index is 5.92. The summed E-state index contributed by atoms with van der Waals surface area (Å²) in [5.41, 5.74) is 5.71. The van der Waals surface area contributed by atoms with Gasteiger partial charge in [-0.3, -0.25) is 4.99 Å². The van der Waals surface area contributed by atoms with E-state index in [1.165, 1.54) is 0 Å². The first-order valence-corrected chi connectivity index (χ1v) is 4.31. The number of amidine groups is 1. The average molecular weight is 188 g/mol. The molecule has 0 radical (unpaired) electrons. The first kappa shape index (κ1) is 9.55. The van der Waals surface area contributed by atoms with Crippen LogP contribution in [0.3, 0.4) is 0 Å². The van der Waals surface area contributed by atoms with Crippen LogP contribution in [-0.2, 0) is 0 Å². The minimum atomic E-state index is -0.211. The Labute approximate surface area is 77.7 Å². The molecule has 0 atom stereocenters. The second-order valence-corrected chi connectivity index (χ2v) is 3.70. The van der Waals surface area contributed by atoms with Gasteiger partial charge in [0.1, 0.15) is 5.84 Å². The summed E-state index contributed by atoms with van der Waals surface area (Å²) in [6.07, 6.45) is 3.71. The molecule has 1 aliphatic carbocycles. The van der Waals surface area contributed by atoms with Gasteiger partial charge in [-0.2, -0.15) is 0 Å². The Bertz CT molecular complexity index is 224. The van der Waals surface area contributed by atoms with Crippen LogP contribution in [0.1, 0.15) is 19.8 Å². The molecule has 68 valence electrons. The normalized spacial score (nSPS) is 22.3. The van der Waals surface area contributed by atoms with E-state index in [-0.39, 0.29) is 5.54 Å². The number of halogens is 1. The molecule has 3 N–H and O–H groups in total. The van der Waals surface area contributed by atoms with E-state index >= 15 is 0 Å². The molecule has 3 nitrogen and oxygen atoms in total. The Morgan fingerprint density at radius 3 is 2.58 bits per heavy atom. The molecular weight excluding hydrogens is 174 g/mol. The van der Waals surface area contributed by atoms with Crippen molar-refractivity contribution in [2.75, 3.05) is 7.05 Å². The molecule has 1 fully saturated rings. The van der Waals surface area contributed by atoms with E-state index < -0.39 is 0 Å². The lowest BCUT2D eigenvalue weighted by Crippen LogP contribution is -2.40. The molecule has 0 bridgehead atoms. The number of allylic oxidation sites excluding steroid dienone is 1. The Morgan fingerprint density at radius 1 is 1.67 bits per heavy atom. The van der Waals surface area contributed by atoms with Gasteiger partial charge in [-0.25, -0.2) is 0 Å². The molecule has 1 aliphatic rings. The summed E-state index contributed by atoms with van der Waals surface area (Å²) in [4.78, 5) is 4.07. The summed E-state index contributed by atoms with van der Waals surface area (Å²) in [7, 11) is 1.73. The summed E-state index contributed by atoms with van der Waals surface area (Å²) in [6.45, 7) is 1.80. The Balaban J connectivity index is 2.54. The molecule has 0 saturated heterocycles. The standard InChI is InChI=1S/C8H14ClN3/c1-6(9)5-12-7(11-2)8(10)3-4-8/h5H,3-4,10H2,1-2H3,(H,11,12)/b6-5+. The fourth-order valence-electron chi connectivity index (χ4n) is 0.970. The van der Waals surface area contributed by atoms with Crippen LogP contribution >= 0.6 is 11.6 Å². The van der Waals surface area contributed by atoms with Crippen LogP contribution in [0.15, 0.2) is 16.2 Å². The second kappa shape index (κ2) is 3.46. The molecule has 0 amide bonds. The van der Waals surface area contributed by atoms with Crippen molar-refractivity contribution in [1.29, 1.82) is 0 Å². The van der Waals surface area contributed by atoms with Crippen LogP contribution in [0.25, 0.3) is 0 Å². The number of nitrogens with two attached hydrogens (primary N) is 1. The van der Waals surface area contributed by atoms with Crippen LogP contribution in [0, 0.1) is 0 Å². The number of nitrogens with zero attached hydrogens (tertiary/aromatic N) is 1. The summed E-state index contributed by atoms with van der Waals surface area (Å²) >= 11 is 5.65. The van der Waals surface area contributed by atoms with Crippen molar-refractivity contribution in [3.05, 3.63) is 11.2 Å². The number of rotatable bonds is 2. The predicted octanol–water partition coefficient (Wildman–Crippen LogP) is 1.20. The molecular formula is C8H14ClN3. The minimum absolute atomic E-state index is 0.211. The summed E-state index contributed by atoms with van der Waals surface area (Å²) in [5, 5.41) is 3.70. The average Bonchev–Trinajstić information content (AvgIpc) is 2.69. The lowest BCUT2D eigenvalue weighted by molar-refractivity contribution is 0.865. The van der Waals surface area contributed by atoms with Crippen molar-refractivity contribution < 1.29 is 0 Å². The zero-order chi connectivity index (χ0) is 9.19. The van der Waals surface area contributed by atoms with Crippen LogP contribution in [0.4, 0.5) is 0 Å². The van der Waals surface area contributed by atoms with Crippen molar-refractivity contribution in [2.24, 2.45) is 10.7 Å². The maximum absolute atomic E-state index is 5.92. The third kappa shape index (κ3) is 2.22. The molecule has 0 aromatic rings. The fraction of sp³-hybridized carbons (Fsp3) is 0.625. The quantitative estimate of drug-likeness (QED) is 0.504. The SMILES string of the molecule is CN=C(N/C=C(\C)Cl)C1(N)CC1. The summed E-state index contributed by atoms with van der Waals surface area (Å²) in [6, 6.07) is 0. The highest BCUT2D eigenvalue weighted by Gasteiger charge is 2.43. The molecule has 1 rings (SSSR count). The largest absolute Gasteiger partial charge is 0.348 e. The van der Waals surface area contributed by atoms with Gasteiger partial charge in [0.05, 0.1) is 5.54 Å². The van der Waals surface area contributed by atoms with Gasteiger partial charge in [0.15, 0.2) is 0 Å². The second-order valence-electron chi connectivity index (χ2n) is 3.10. The van der Waals surface area contributed by atoms with Gasteiger partial charge in [0.2, 0.25) is 0 Å².